The van der Waals surface area contributed by atoms with E-state index in [9.17, 15) is 14.4 Å². The lowest BCUT2D eigenvalue weighted by molar-refractivity contribution is -0.130. The summed E-state index contributed by atoms with van der Waals surface area (Å²) in [6, 6.07) is 16.4. The number of anilines is 2. The van der Waals surface area contributed by atoms with E-state index in [0.717, 1.165) is 13.0 Å². The summed E-state index contributed by atoms with van der Waals surface area (Å²) >= 11 is 1.79. The van der Waals surface area contributed by atoms with Crippen LogP contribution >= 0.6 is 11.8 Å². The number of urea groups is 1. The summed E-state index contributed by atoms with van der Waals surface area (Å²) in [6.07, 6.45) is 3.03. The van der Waals surface area contributed by atoms with E-state index in [4.69, 9.17) is 0 Å². The zero-order valence-corrected chi connectivity index (χ0v) is 18.5. The molecule has 2 fully saturated rings. The number of amides is 4. The normalized spacial score (nSPS) is 23.9. The van der Waals surface area contributed by atoms with Crippen molar-refractivity contribution in [2.45, 2.75) is 47.4 Å². The number of nitrogens with one attached hydrogen (secondary N) is 3. The van der Waals surface area contributed by atoms with Crippen LogP contribution < -0.4 is 20.9 Å². The van der Waals surface area contributed by atoms with Crippen molar-refractivity contribution in [2.75, 3.05) is 18.0 Å². The van der Waals surface area contributed by atoms with Gasteiger partial charge in [0.05, 0.1) is 11.4 Å². The topological polar surface area (TPSA) is 90.5 Å². The fourth-order valence-electron chi connectivity index (χ4n) is 4.87. The Bertz CT molecular complexity index is 1020. The van der Waals surface area contributed by atoms with Crippen molar-refractivity contribution in [3.8, 4) is 0 Å². The number of carbonyl (C=O) groups is 3. The van der Waals surface area contributed by atoms with E-state index in [2.05, 4.69) is 69.4 Å². The molecule has 2 heterocycles. The van der Waals surface area contributed by atoms with Crippen LogP contribution in [-0.4, -0.2) is 36.5 Å². The largest absolute Gasteiger partial charge is 0.356 e. The first-order valence-corrected chi connectivity index (χ1v) is 11.9. The summed E-state index contributed by atoms with van der Waals surface area (Å²) < 4.78 is 0. The quantitative estimate of drug-likeness (QED) is 0.479. The third kappa shape index (κ3) is 3.83. The fourth-order valence-corrected chi connectivity index (χ4v) is 5.96. The summed E-state index contributed by atoms with van der Waals surface area (Å²) in [5.74, 6) is -0.333. The minimum Gasteiger partial charge on any atom is -0.356 e. The van der Waals surface area contributed by atoms with Crippen LogP contribution in [0.15, 0.2) is 58.3 Å². The van der Waals surface area contributed by atoms with Crippen molar-refractivity contribution in [3.05, 3.63) is 48.5 Å². The minimum atomic E-state index is -0.819. The number of carbonyl (C=O) groups excluding carboxylic acids is 3. The Kier molecular flexibility index (Phi) is 5.55. The van der Waals surface area contributed by atoms with Crippen molar-refractivity contribution in [2.24, 2.45) is 5.92 Å². The molecule has 0 radical (unpaired) electrons. The second-order valence-corrected chi connectivity index (χ2v) is 9.68. The van der Waals surface area contributed by atoms with E-state index in [1.54, 1.807) is 11.8 Å². The van der Waals surface area contributed by atoms with Gasteiger partial charge in [-0.05, 0) is 56.4 Å². The van der Waals surface area contributed by atoms with Crippen molar-refractivity contribution < 1.29 is 14.4 Å². The van der Waals surface area contributed by atoms with Crippen LogP contribution in [0.2, 0.25) is 0 Å². The molecule has 0 bridgehead atoms. The maximum absolute atomic E-state index is 12.7. The van der Waals surface area contributed by atoms with Gasteiger partial charge in [0.2, 0.25) is 5.91 Å². The molecule has 3 aliphatic rings. The lowest BCUT2D eigenvalue weighted by Gasteiger charge is -2.34. The number of rotatable bonds is 5. The molecule has 0 atom stereocenters. The van der Waals surface area contributed by atoms with E-state index in [-0.39, 0.29) is 17.7 Å². The Morgan fingerprint density at radius 3 is 2.25 bits per heavy atom. The molecule has 32 heavy (non-hydrogen) atoms. The van der Waals surface area contributed by atoms with E-state index in [0.29, 0.717) is 32.2 Å². The molecule has 2 aliphatic heterocycles. The Balaban J connectivity index is 1.14. The average Bonchev–Trinajstić information content (AvgIpc) is 3.08. The molecule has 1 spiro atoms. The molecule has 0 unspecified atom stereocenters. The molecule has 2 aromatic carbocycles. The molecule has 1 aliphatic carbocycles. The molecule has 2 aromatic rings. The summed E-state index contributed by atoms with van der Waals surface area (Å²) in [4.78, 5) is 41.0. The molecule has 166 valence electrons. The Hall–Kier alpha value is -3.00. The lowest BCUT2D eigenvalue weighted by Crippen LogP contribution is -2.51. The van der Waals surface area contributed by atoms with Gasteiger partial charge in [0.25, 0.3) is 5.91 Å². The SMILES string of the molecule is O=C1NC(=O)C2(CCC(C(=O)NCCCN3c4ccccc4Sc4ccccc43)CC2)N1. The predicted octanol–water partition coefficient (Wildman–Crippen LogP) is 3.56. The third-order valence-electron chi connectivity index (χ3n) is 6.61. The number of para-hydroxylation sites is 2. The van der Waals surface area contributed by atoms with Gasteiger partial charge in [0.1, 0.15) is 5.54 Å². The summed E-state index contributed by atoms with van der Waals surface area (Å²) in [7, 11) is 0. The molecular formula is C24H26N4O3S. The fraction of sp³-hybridized carbons (Fsp3) is 0.375. The van der Waals surface area contributed by atoms with Crippen molar-refractivity contribution in [1.29, 1.82) is 0 Å². The second-order valence-electron chi connectivity index (χ2n) is 8.60. The summed E-state index contributed by atoms with van der Waals surface area (Å²) in [6.45, 7) is 1.42. The van der Waals surface area contributed by atoms with E-state index in [1.807, 2.05) is 0 Å². The predicted molar refractivity (Wildman–Crippen MR) is 123 cm³/mol. The molecule has 7 nitrogen and oxygen atoms in total. The van der Waals surface area contributed by atoms with Gasteiger partial charge in [0.15, 0.2) is 0 Å². The van der Waals surface area contributed by atoms with Gasteiger partial charge in [0, 0.05) is 28.8 Å². The minimum absolute atomic E-state index is 0.0413. The standard InChI is InChI=1S/C24H26N4O3S/c29-21(16-10-12-24(13-11-16)22(30)26-23(31)27-24)25-14-5-15-28-17-6-1-3-8-19(17)32-20-9-4-2-7-18(20)28/h1-4,6-9,16H,5,10-15H2,(H,25,29)(H2,26,27,30,31). The summed E-state index contributed by atoms with van der Waals surface area (Å²) in [5.41, 5.74) is 1.59. The number of fused-ring (bicyclic) bond motifs is 2. The number of hydrogen-bond acceptors (Lipinski definition) is 5. The van der Waals surface area contributed by atoms with Gasteiger partial charge in [-0.1, -0.05) is 36.0 Å². The number of benzene rings is 2. The van der Waals surface area contributed by atoms with Gasteiger partial charge in [-0.3, -0.25) is 14.9 Å². The maximum atomic E-state index is 12.7. The molecule has 4 amide bonds. The van der Waals surface area contributed by atoms with Gasteiger partial charge in [-0.25, -0.2) is 4.79 Å². The zero-order valence-electron chi connectivity index (χ0n) is 17.7. The average molecular weight is 451 g/mol. The van der Waals surface area contributed by atoms with Crippen molar-refractivity contribution >= 4 is 41.0 Å². The highest BCUT2D eigenvalue weighted by Crippen LogP contribution is 2.47. The van der Waals surface area contributed by atoms with Crippen molar-refractivity contribution in [3.63, 3.8) is 0 Å². The molecule has 3 N–H and O–H groups in total. The van der Waals surface area contributed by atoms with Crippen LogP contribution in [-0.2, 0) is 9.59 Å². The highest BCUT2D eigenvalue weighted by Gasteiger charge is 2.48. The van der Waals surface area contributed by atoms with E-state index in [1.165, 1.54) is 21.2 Å². The molecule has 1 saturated carbocycles. The van der Waals surface area contributed by atoms with Crippen LogP contribution in [0, 0.1) is 5.92 Å². The van der Waals surface area contributed by atoms with Crippen LogP contribution in [0.4, 0.5) is 16.2 Å². The first-order valence-electron chi connectivity index (χ1n) is 11.1. The zero-order chi connectivity index (χ0) is 22.1. The van der Waals surface area contributed by atoms with Crippen LogP contribution in [0.1, 0.15) is 32.1 Å². The smallest absolute Gasteiger partial charge is 0.322 e. The monoisotopic (exact) mass is 450 g/mol. The molecule has 1 saturated heterocycles. The molecule has 0 aromatic heterocycles. The van der Waals surface area contributed by atoms with Crippen molar-refractivity contribution in [1.82, 2.24) is 16.0 Å². The van der Waals surface area contributed by atoms with Gasteiger partial charge in [-0.2, -0.15) is 0 Å². The van der Waals surface area contributed by atoms with Crippen LogP contribution in [0.5, 0.6) is 0 Å². The number of imide groups is 1. The summed E-state index contributed by atoms with van der Waals surface area (Å²) in [5, 5.41) is 8.14. The van der Waals surface area contributed by atoms with E-state index >= 15 is 0 Å². The van der Waals surface area contributed by atoms with Gasteiger partial charge in [-0.15, -0.1) is 0 Å². The number of nitrogens with zero attached hydrogens (tertiary/aromatic N) is 1. The molecule has 8 heteroatoms. The maximum Gasteiger partial charge on any atom is 0.322 e. The molecule has 5 rings (SSSR count). The third-order valence-corrected chi connectivity index (χ3v) is 7.74. The van der Waals surface area contributed by atoms with Crippen LogP contribution in [0.25, 0.3) is 0 Å². The Morgan fingerprint density at radius 2 is 1.66 bits per heavy atom. The van der Waals surface area contributed by atoms with Gasteiger partial charge < -0.3 is 15.5 Å². The first kappa shape index (κ1) is 20.9. The lowest BCUT2D eigenvalue weighted by atomic mass is 9.76. The van der Waals surface area contributed by atoms with E-state index < -0.39 is 11.6 Å². The second kappa shape index (κ2) is 8.50. The Labute approximate surface area is 191 Å². The first-order chi connectivity index (χ1) is 15.6. The number of hydrogen-bond donors (Lipinski definition) is 3. The highest BCUT2D eigenvalue weighted by atomic mass is 32.2. The molecular weight excluding hydrogens is 424 g/mol. The van der Waals surface area contributed by atoms with Crippen LogP contribution in [0.3, 0.4) is 0 Å². The van der Waals surface area contributed by atoms with Gasteiger partial charge >= 0.3 is 6.03 Å². The Morgan fingerprint density at radius 1 is 1.03 bits per heavy atom. The highest BCUT2D eigenvalue weighted by molar-refractivity contribution is 7.99.